The Hall–Kier alpha value is -3.60. The van der Waals surface area contributed by atoms with E-state index >= 15 is 0 Å². The van der Waals surface area contributed by atoms with Crippen LogP contribution in [0.4, 0.5) is 5.69 Å². The van der Waals surface area contributed by atoms with Crippen LogP contribution in [0.5, 0.6) is 5.75 Å². The van der Waals surface area contributed by atoms with Crippen molar-refractivity contribution in [2.45, 2.75) is 46.6 Å². The lowest BCUT2D eigenvalue weighted by Gasteiger charge is -2.20. The number of carbonyl (C=O) groups excluding carboxylic acids is 1. The summed E-state index contributed by atoms with van der Waals surface area (Å²) in [4.78, 5) is 20.0. The molecular weight excluding hydrogens is 422 g/mol. The molecule has 1 aliphatic heterocycles. The van der Waals surface area contributed by atoms with Gasteiger partial charge in [0.25, 0.3) is 0 Å². The first-order valence-corrected chi connectivity index (χ1v) is 11.9. The number of para-hydroxylation sites is 3. The Labute approximate surface area is 201 Å². The van der Waals surface area contributed by atoms with Crippen LogP contribution in [-0.2, 0) is 11.3 Å². The minimum Gasteiger partial charge on any atom is -0.491 e. The molecule has 3 aromatic carbocycles. The molecule has 1 amide bonds. The summed E-state index contributed by atoms with van der Waals surface area (Å²) in [6, 6.07) is 20.6. The van der Waals surface area contributed by atoms with E-state index < -0.39 is 0 Å². The molecule has 1 aromatic heterocycles. The van der Waals surface area contributed by atoms with Crippen molar-refractivity contribution in [1.29, 1.82) is 0 Å². The predicted octanol–water partition coefficient (Wildman–Crippen LogP) is 5.87. The highest BCUT2D eigenvalue weighted by molar-refractivity contribution is 5.97. The second kappa shape index (κ2) is 8.98. The van der Waals surface area contributed by atoms with Crippen molar-refractivity contribution in [3.05, 3.63) is 88.7 Å². The Morgan fingerprint density at radius 3 is 2.41 bits per heavy atom. The first kappa shape index (κ1) is 22.2. The fourth-order valence-electron chi connectivity index (χ4n) is 5.05. The van der Waals surface area contributed by atoms with Gasteiger partial charge >= 0.3 is 0 Å². The number of carbonyl (C=O) groups is 1. The molecule has 1 atom stereocenters. The second-order valence-electron chi connectivity index (χ2n) is 9.30. The number of benzene rings is 3. The summed E-state index contributed by atoms with van der Waals surface area (Å²) < 4.78 is 8.47. The molecule has 174 valence electrons. The molecule has 1 fully saturated rings. The zero-order valence-electron chi connectivity index (χ0n) is 20.3. The molecule has 34 heavy (non-hydrogen) atoms. The van der Waals surface area contributed by atoms with Gasteiger partial charge in [-0.15, -0.1) is 0 Å². The van der Waals surface area contributed by atoms with Crippen LogP contribution in [0.1, 0.15) is 40.4 Å². The quantitative estimate of drug-likeness (QED) is 0.367. The number of ether oxygens (including phenoxy) is 1. The van der Waals surface area contributed by atoms with E-state index in [9.17, 15) is 4.79 Å². The maximum atomic E-state index is 13.1. The molecule has 0 radical (unpaired) electrons. The maximum Gasteiger partial charge on any atom is 0.227 e. The summed E-state index contributed by atoms with van der Waals surface area (Å²) in [7, 11) is 0. The van der Waals surface area contributed by atoms with E-state index in [4.69, 9.17) is 9.72 Å². The van der Waals surface area contributed by atoms with Gasteiger partial charge in [-0.3, -0.25) is 4.79 Å². The van der Waals surface area contributed by atoms with Crippen LogP contribution in [-0.4, -0.2) is 28.6 Å². The van der Waals surface area contributed by atoms with E-state index in [1.807, 2.05) is 35.2 Å². The number of rotatable bonds is 6. The number of aromatic nitrogens is 2. The number of anilines is 1. The highest BCUT2D eigenvalue weighted by Crippen LogP contribution is 2.35. The number of hydrogen-bond acceptors (Lipinski definition) is 3. The summed E-state index contributed by atoms with van der Waals surface area (Å²) in [5.74, 6) is 2.11. The topological polar surface area (TPSA) is 47.4 Å². The molecule has 0 spiro atoms. The normalized spacial score (nSPS) is 15.9. The highest BCUT2D eigenvalue weighted by atomic mass is 16.5. The monoisotopic (exact) mass is 453 g/mol. The number of amides is 1. The average Bonchev–Trinajstić information content (AvgIpc) is 3.38. The molecule has 1 unspecified atom stereocenters. The zero-order chi connectivity index (χ0) is 23.8. The Morgan fingerprint density at radius 1 is 0.912 bits per heavy atom. The molecule has 1 saturated heterocycles. The first-order chi connectivity index (χ1) is 16.4. The molecular formula is C29H31N3O2. The van der Waals surface area contributed by atoms with Crippen LogP contribution in [0.3, 0.4) is 0 Å². The van der Waals surface area contributed by atoms with Crippen LogP contribution in [0, 0.1) is 27.7 Å². The fraction of sp³-hybridized carbons (Fsp3) is 0.310. The standard InChI is InChI=1S/C29H31N3O2/c1-19-9-8-14-25(22(19)4)32-18-23(17-27(32)33)29-30-24-12-5-6-13-26(24)31(29)15-16-34-28-20(2)10-7-11-21(28)3/h5-14,23H,15-18H2,1-4H3. The van der Waals surface area contributed by atoms with Gasteiger partial charge in [0, 0.05) is 24.6 Å². The fourth-order valence-corrected chi connectivity index (χ4v) is 5.05. The Bertz CT molecular complexity index is 1350. The van der Waals surface area contributed by atoms with Gasteiger partial charge < -0.3 is 14.2 Å². The number of aryl methyl sites for hydroxylation is 3. The molecule has 0 bridgehead atoms. The van der Waals surface area contributed by atoms with Crippen molar-refractivity contribution in [3.63, 3.8) is 0 Å². The number of imidazole rings is 1. The second-order valence-corrected chi connectivity index (χ2v) is 9.30. The van der Waals surface area contributed by atoms with Gasteiger partial charge in [0.2, 0.25) is 5.91 Å². The minimum absolute atomic E-state index is 0.0417. The van der Waals surface area contributed by atoms with Crippen LogP contribution >= 0.6 is 0 Å². The third-order valence-electron chi connectivity index (χ3n) is 7.01. The lowest BCUT2D eigenvalue weighted by atomic mass is 10.1. The number of hydrogen-bond donors (Lipinski definition) is 0. The van der Waals surface area contributed by atoms with Crippen molar-refractivity contribution in [2.24, 2.45) is 0 Å². The van der Waals surface area contributed by atoms with Gasteiger partial charge in [0.15, 0.2) is 0 Å². The highest BCUT2D eigenvalue weighted by Gasteiger charge is 2.35. The van der Waals surface area contributed by atoms with E-state index in [1.165, 1.54) is 5.56 Å². The molecule has 0 N–H and O–H groups in total. The van der Waals surface area contributed by atoms with Crippen molar-refractivity contribution in [1.82, 2.24) is 9.55 Å². The molecule has 1 aliphatic rings. The summed E-state index contributed by atoms with van der Waals surface area (Å²) in [6.07, 6.45) is 0.467. The summed E-state index contributed by atoms with van der Waals surface area (Å²) >= 11 is 0. The minimum atomic E-state index is 0.0417. The number of fused-ring (bicyclic) bond motifs is 1. The van der Waals surface area contributed by atoms with Crippen molar-refractivity contribution < 1.29 is 9.53 Å². The van der Waals surface area contributed by atoms with Crippen LogP contribution in [0.25, 0.3) is 11.0 Å². The molecule has 5 heteroatoms. The average molecular weight is 454 g/mol. The van der Waals surface area contributed by atoms with Crippen molar-refractivity contribution in [2.75, 3.05) is 18.1 Å². The van der Waals surface area contributed by atoms with Gasteiger partial charge in [0.05, 0.1) is 17.6 Å². The van der Waals surface area contributed by atoms with E-state index in [0.717, 1.165) is 45.0 Å². The van der Waals surface area contributed by atoms with Gasteiger partial charge in [0.1, 0.15) is 18.2 Å². The van der Waals surface area contributed by atoms with E-state index in [2.05, 4.69) is 62.6 Å². The lowest BCUT2D eigenvalue weighted by molar-refractivity contribution is -0.117. The van der Waals surface area contributed by atoms with E-state index in [1.54, 1.807) is 0 Å². The van der Waals surface area contributed by atoms with Crippen molar-refractivity contribution in [3.8, 4) is 5.75 Å². The van der Waals surface area contributed by atoms with Gasteiger partial charge in [-0.25, -0.2) is 4.98 Å². The largest absolute Gasteiger partial charge is 0.491 e. The van der Waals surface area contributed by atoms with Crippen molar-refractivity contribution >= 4 is 22.6 Å². The van der Waals surface area contributed by atoms with Gasteiger partial charge in [-0.1, -0.05) is 42.5 Å². The smallest absolute Gasteiger partial charge is 0.227 e. The molecule has 0 aliphatic carbocycles. The molecule has 2 heterocycles. The van der Waals surface area contributed by atoms with Gasteiger partial charge in [-0.05, 0) is 68.1 Å². The molecule has 5 nitrogen and oxygen atoms in total. The van der Waals surface area contributed by atoms with E-state index in [-0.39, 0.29) is 11.8 Å². The summed E-state index contributed by atoms with van der Waals surface area (Å²) in [6.45, 7) is 10.2. The number of nitrogens with zero attached hydrogens (tertiary/aromatic N) is 3. The van der Waals surface area contributed by atoms with Crippen LogP contribution in [0.2, 0.25) is 0 Å². The summed E-state index contributed by atoms with van der Waals surface area (Å²) in [5, 5.41) is 0. The van der Waals surface area contributed by atoms with E-state index in [0.29, 0.717) is 26.1 Å². The molecule has 0 saturated carbocycles. The first-order valence-electron chi connectivity index (χ1n) is 11.9. The maximum absolute atomic E-state index is 13.1. The molecule has 4 aromatic rings. The molecule has 5 rings (SSSR count). The Kier molecular flexibility index (Phi) is 5.86. The Morgan fingerprint density at radius 2 is 1.62 bits per heavy atom. The lowest BCUT2D eigenvalue weighted by Crippen LogP contribution is -2.25. The SMILES string of the molecule is Cc1cccc(N2CC(c3nc4ccccc4n3CCOc3c(C)cccc3C)CC2=O)c1C. The Balaban J connectivity index is 1.43. The third kappa shape index (κ3) is 3.96. The summed E-state index contributed by atoms with van der Waals surface area (Å²) in [5.41, 5.74) is 7.69. The van der Waals surface area contributed by atoms with Gasteiger partial charge in [-0.2, -0.15) is 0 Å². The zero-order valence-corrected chi connectivity index (χ0v) is 20.3. The third-order valence-corrected chi connectivity index (χ3v) is 7.01. The van der Waals surface area contributed by atoms with Crippen LogP contribution < -0.4 is 9.64 Å². The predicted molar refractivity (Wildman–Crippen MR) is 137 cm³/mol. The van der Waals surface area contributed by atoms with Crippen LogP contribution in [0.15, 0.2) is 60.7 Å².